The molecule has 0 amide bonds. The van der Waals surface area contributed by atoms with Gasteiger partial charge in [0.15, 0.2) is 0 Å². The average molecular weight is 270 g/mol. The second kappa shape index (κ2) is 5.88. The van der Waals surface area contributed by atoms with E-state index in [0.29, 0.717) is 0 Å². The van der Waals surface area contributed by atoms with Gasteiger partial charge >= 0.3 is 0 Å². The van der Waals surface area contributed by atoms with E-state index in [1.165, 1.54) is 0 Å². The van der Waals surface area contributed by atoms with Gasteiger partial charge in [-0.3, -0.25) is 4.98 Å². The Labute approximate surface area is 118 Å². The summed E-state index contributed by atoms with van der Waals surface area (Å²) in [6.07, 6.45) is 5.34. The molecule has 3 heterocycles. The molecule has 1 saturated heterocycles. The van der Waals surface area contributed by atoms with Gasteiger partial charge in [0, 0.05) is 56.0 Å². The Morgan fingerprint density at radius 3 is 2.50 bits per heavy atom. The number of aliphatic hydroxyl groups is 1. The zero-order valence-corrected chi connectivity index (χ0v) is 11.3. The molecule has 1 aliphatic heterocycles. The number of pyridine rings is 2. The van der Waals surface area contributed by atoms with Crippen molar-refractivity contribution in [2.75, 3.05) is 36.0 Å². The summed E-state index contributed by atoms with van der Waals surface area (Å²) in [7, 11) is 0. The van der Waals surface area contributed by atoms with Gasteiger partial charge in [-0.15, -0.1) is 0 Å². The lowest BCUT2D eigenvalue weighted by Gasteiger charge is -2.37. The summed E-state index contributed by atoms with van der Waals surface area (Å²) in [5, 5.41) is 9.39. The largest absolute Gasteiger partial charge is 0.392 e. The summed E-state index contributed by atoms with van der Waals surface area (Å²) in [5.74, 6) is 1.03. The van der Waals surface area contributed by atoms with Crippen LogP contribution in [-0.4, -0.2) is 41.3 Å². The molecular weight excluding hydrogens is 252 g/mol. The highest BCUT2D eigenvalue weighted by molar-refractivity contribution is 5.53. The first-order valence-corrected chi connectivity index (χ1v) is 6.83. The van der Waals surface area contributed by atoms with Gasteiger partial charge in [0.25, 0.3) is 0 Å². The summed E-state index contributed by atoms with van der Waals surface area (Å²) in [4.78, 5) is 13.0. The van der Waals surface area contributed by atoms with Crippen LogP contribution in [0.2, 0.25) is 0 Å². The van der Waals surface area contributed by atoms with Gasteiger partial charge < -0.3 is 14.9 Å². The molecule has 5 nitrogen and oxygen atoms in total. The van der Waals surface area contributed by atoms with Crippen LogP contribution in [0.5, 0.6) is 0 Å². The van der Waals surface area contributed by atoms with E-state index in [9.17, 15) is 5.11 Å². The molecule has 0 bridgehead atoms. The third kappa shape index (κ3) is 2.58. The highest BCUT2D eigenvalue weighted by Crippen LogP contribution is 2.22. The Kier molecular flexibility index (Phi) is 3.78. The fourth-order valence-electron chi connectivity index (χ4n) is 2.57. The Morgan fingerprint density at radius 1 is 1.00 bits per heavy atom. The molecule has 1 N–H and O–H groups in total. The lowest BCUT2D eigenvalue weighted by Crippen LogP contribution is -2.47. The third-order valence-electron chi connectivity index (χ3n) is 3.64. The molecule has 0 spiro atoms. The van der Waals surface area contributed by atoms with Crippen molar-refractivity contribution < 1.29 is 5.11 Å². The molecular formula is C15H18N4O. The Morgan fingerprint density at radius 2 is 1.80 bits per heavy atom. The second-order valence-corrected chi connectivity index (χ2v) is 4.82. The zero-order chi connectivity index (χ0) is 13.8. The number of hydrogen-bond acceptors (Lipinski definition) is 5. The van der Waals surface area contributed by atoms with Crippen LogP contribution in [0.1, 0.15) is 5.56 Å². The van der Waals surface area contributed by atoms with Gasteiger partial charge in [0.1, 0.15) is 5.82 Å². The molecule has 20 heavy (non-hydrogen) atoms. The number of hydrogen-bond donors (Lipinski definition) is 1. The second-order valence-electron chi connectivity index (χ2n) is 4.82. The van der Waals surface area contributed by atoms with E-state index in [-0.39, 0.29) is 6.61 Å². The summed E-state index contributed by atoms with van der Waals surface area (Å²) in [5.41, 5.74) is 1.97. The third-order valence-corrected chi connectivity index (χ3v) is 3.64. The van der Waals surface area contributed by atoms with Crippen molar-refractivity contribution in [1.29, 1.82) is 0 Å². The van der Waals surface area contributed by atoms with Gasteiger partial charge in [-0.25, -0.2) is 4.98 Å². The summed E-state index contributed by atoms with van der Waals surface area (Å²) in [6.45, 7) is 3.75. The van der Waals surface area contributed by atoms with Crippen molar-refractivity contribution >= 4 is 11.5 Å². The predicted octanol–water partition coefficient (Wildman–Crippen LogP) is 1.30. The fraction of sp³-hybridized carbons (Fsp3) is 0.333. The Hall–Kier alpha value is -2.14. The number of anilines is 2. The first-order valence-electron chi connectivity index (χ1n) is 6.83. The molecule has 0 aromatic carbocycles. The van der Waals surface area contributed by atoms with Crippen LogP contribution < -0.4 is 9.80 Å². The van der Waals surface area contributed by atoms with Crippen LogP contribution in [0.4, 0.5) is 11.5 Å². The summed E-state index contributed by atoms with van der Waals surface area (Å²) in [6, 6.07) is 7.97. The molecule has 3 rings (SSSR count). The highest BCUT2D eigenvalue weighted by atomic mass is 16.3. The maximum atomic E-state index is 9.39. The smallest absolute Gasteiger partial charge is 0.128 e. The van der Waals surface area contributed by atoms with Crippen LogP contribution in [0, 0.1) is 0 Å². The molecule has 0 saturated carbocycles. The maximum absolute atomic E-state index is 9.39. The van der Waals surface area contributed by atoms with Crippen LogP contribution >= 0.6 is 0 Å². The van der Waals surface area contributed by atoms with Gasteiger partial charge in [-0.2, -0.15) is 0 Å². The van der Waals surface area contributed by atoms with Gasteiger partial charge in [-0.1, -0.05) is 6.07 Å². The zero-order valence-electron chi connectivity index (χ0n) is 11.3. The molecule has 0 atom stereocenters. The minimum Gasteiger partial charge on any atom is -0.392 e. The van der Waals surface area contributed by atoms with Gasteiger partial charge in [-0.05, 0) is 18.2 Å². The van der Waals surface area contributed by atoms with E-state index >= 15 is 0 Å². The predicted molar refractivity (Wildman–Crippen MR) is 78.8 cm³/mol. The highest BCUT2D eigenvalue weighted by Gasteiger charge is 2.19. The number of aromatic nitrogens is 2. The molecule has 2 aromatic heterocycles. The molecule has 5 heteroatoms. The lowest BCUT2D eigenvalue weighted by molar-refractivity contribution is 0.281. The molecule has 0 aliphatic carbocycles. The van der Waals surface area contributed by atoms with Crippen molar-refractivity contribution in [2.45, 2.75) is 6.61 Å². The van der Waals surface area contributed by atoms with Crippen LogP contribution in [0.15, 0.2) is 42.9 Å². The van der Waals surface area contributed by atoms with Gasteiger partial charge in [0.05, 0.1) is 6.61 Å². The number of piperazine rings is 1. The van der Waals surface area contributed by atoms with Crippen LogP contribution in [0.3, 0.4) is 0 Å². The maximum Gasteiger partial charge on any atom is 0.128 e. The van der Waals surface area contributed by atoms with Crippen molar-refractivity contribution in [3.05, 3.63) is 48.4 Å². The first-order chi connectivity index (χ1) is 9.88. The summed E-state index contributed by atoms with van der Waals surface area (Å²) < 4.78 is 0. The fourth-order valence-corrected chi connectivity index (χ4v) is 2.57. The Bertz CT molecular complexity index is 553. The number of rotatable bonds is 3. The Balaban J connectivity index is 1.70. The van der Waals surface area contributed by atoms with E-state index in [1.807, 2.05) is 30.5 Å². The topological polar surface area (TPSA) is 52.5 Å². The van der Waals surface area contributed by atoms with E-state index in [4.69, 9.17) is 0 Å². The molecule has 1 aliphatic rings. The summed E-state index contributed by atoms with van der Waals surface area (Å²) >= 11 is 0. The molecule has 104 valence electrons. The van der Waals surface area contributed by atoms with E-state index < -0.39 is 0 Å². The van der Waals surface area contributed by atoms with E-state index in [0.717, 1.165) is 43.2 Å². The normalized spacial score (nSPS) is 15.4. The lowest BCUT2D eigenvalue weighted by atomic mass is 10.2. The quantitative estimate of drug-likeness (QED) is 0.911. The van der Waals surface area contributed by atoms with Crippen LogP contribution in [-0.2, 0) is 6.61 Å². The van der Waals surface area contributed by atoms with E-state index in [1.54, 1.807) is 12.4 Å². The van der Waals surface area contributed by atoms with Gasteiger partial charge in [0.2, 0.25) is 0 Å². The standard InChI is InChI=1S/C15H18N4O/c20-12-13-11-16-6-4-14(13)18-7-9-19(10-8-18)15-3-1-2-5-17-15/h1-6,11,20H,7-10,12H2. The van der Waals surface area contributed by atoms with E-state index in [2.05, 4.69) is 19.8 Å². The van der Waals surface area contributed by atoms with Crippen molar-refractivity contribution in [1.82, 2.24) is 9.97 Å². The average Bonchev–Trinajstić information content (AvgIpc) is 2.56. The number of aliphatic hydroxyl groups excluding tert-OH is 1. The minimum atomic E-state index is 0.0314. The SMILES string of the molecule is OCc1cnccc1N1CCN(c2ccccn2)CC1. The minimum absolute atomic E-state index is 0.0314. The first kappa shape index (κ1) is 12.9. The number of nitrogens with zero attached hydrogens (tertiary/aromatic N) is 4. The molecule has 2 aromatic rings. The monoisotopic (exact) mass is 270 g/mol. The molecule has 0 unspecified atom stereocenters. The van der Waals surface area contributed by atoms with Crippen molar-refractivity contribution in [3.8, 4) is 0 Å². The molecule has 1 fully saturated rings. The van der Waals surface area contributed by atoms with Crippen LogP contribution in [0.25, 0.3) is 0 Å². The van der Waals surface area contributed by atoms with Crippen molar-refractivity contribution in [2.24, 2.45) is 0 Å². The van der Waals surface area contributed by atoms with Crippen molar-refractivity contribution in [3.63, 3.8) is 0 Å². The molecule has 0 radical (unpaired) electrons.